The van der Waals surface area contributed by atoms with Crippen LogP contribution in [0.1, 0.15) is 16.1 Å². The minimum atomic E-state index is -3.76. The zero-order valence-electron chi connectivity index (χ0n) is 11.5. The zero-order chi connectivity index (χ0) is 15.5. The second-order valence-corrected chi connectivity index (χ2v) is 7.07. The number of benzene rings is 1. The van der Waals surface area contributed by atoms with Crippen molar-refractivity contribution in [2.75, 3.05) is 11.3 Å². The highest BCUT2D eigenvalue weighted by atomic mass is 32.2. The maximum Gasteiger partial charge on any atom is 0.264 e. The van der Waals surface area contributed by atoms with Crippen LogP contribution < -0.4 is 10.5 Å². The van der Waals surface area contributed by atoms with Gasteiger partial charge >= 0.3 is 0 Å². The average Bonchev–Trinajstić information content (AvgIpc) is 2.80. The smallest absolute Gasteiger partial charge is 0.264 e. The Morgan fingerprint density at radius 1 is 1.33 bits per heavy atom. The Hall–Kier alpha value is -1.95. The largest absolute Gasteiger partial charge is 0.320 e. The van der Waals surface area contributed by atoms with Crippen LogP contribution >= 0.6 is 11.3 Å². The van der Waals surface area contributed by atoms with Crippen LogP contribution in [0.25, 0.3) is 0 Å². The molecule has 21 heavy (non-hydrogen) atoms. The zero-order valence-corrected chi connectivity index (χ0v) is 13.2. The van der Waals surface area contributed by atoms with Crippen molar-refractivity contribution < 1.29 is 8.42 Å². The topological polar surface area (TPSA) is 98.0 Å². The van der Waals surface area contributed by atoms with Gasteiger partial charge in [-0.05, 0) is 31.5 Å². The van der Waals surface area contributed by atoms with Crippen molar-refractivity contribution >= 4 is 26.5 Å². The molecule has 0 atom stereocenters. The molecule has 0 radical (unpaired) electrons. The highest BCUT2D eigenvalue weighted by Crippen LogP contribution is 2.22. The molecule has 1 aromatic heterocycles. The van der Waals surface area contributed by atoms with Gasteiger partial charge in [0.25, 0.3) is 10.0 Å². The number of hydrogen-bond acceptors (Lipinski definition) is 6. The molecule has 0 saturated carbocycles. The van der Waals surface area contributed by atoms with E-state index in [9.17, 15) is 8.42 Å². The van der Waals surface area contributed by atoms with Gasteiger partial charge in [0, 0.05) is 5.56 Å². The van der Waals surface area contributed by atoms with Crippen LogP contribution in [0.15, 0.2) is 23.1 Å². The summed E-state index contributed by atoms with van der Waals surface area (Å²) in [5, 5.41) is 8.44. The van der Waals surface area contributed by atoms with Crippen LogP contribution in [0.2, 0.25) is 0 Å². The van der Waals surface area contributed by atoms with E-state index in [0.717, 1.165) is 5.56 Å². The Morgan fingerprint density at radius 2 is 2.10 bits per heavy atom. The summed E-state index contributed by atoms with van der Waals surface area (Å²) in [5.41, 5.74) is 6.67. The molecular formula is C13H14N4O2S2. The molecule has 1 heterocycles. The fourth-order valence-electron chi connectivity index (χ4n) is 1.63. The van der Waals surface area contributed by atoms with Crippen LogP contribution in [0.3, 0.4) is 0 Å². The summed E-state index contributed by atoms with van der Waals surface area (Å²) < 4.78 is 27.3. The van der Waals surface area contributed by atoms with Crippen LogP contribution in [-0.2, 0) is 10.0 Å². The first-order valence-corrected chi connectivity index (χ1v) is 8.35. The number of hydrogen-bond donors (Lipinski definition) is 2. The van der Waals surface area contributed by atoms with Gasteiger partial charge in [-0.25, -0.2) is 8.42 Å². The quantitative estimate of drug-likeness (QED) is 0.829. The molecule has 0 spiro atoms. The van der Waals surface area contributed by atoms with Gasteiger partial charge in [0.15, 0.2) is 0 Å². The molecule has 110 valence electrons. The number of sulfonamides is 1. The number of nitrogens with two attached hydrogens (primary N) is 1. The standard InChI is InChI=1S/C13H14N4O2S2/c1-9-5-6-12(11(8-9)4-3-7-14)21(18,19)17-13-16-15-10(2)20-13/h5-6,8H,7,14H2,1-2H3,(H,16,17). The number of nitrogens with zero attached hydrogens (tertiary/aromatic N) is 2. The highest BCUT2D eigenvalue weighted by Gasteiger charge is 2.19. The minimum absolute atomic E-state index is 0.0990. The maximum absolute atomic E-state index is 12.4. The summed E-state index contributed by atoms with van der Waals surface area (Å²) in [4.78, 5) is 0.0990. The van der Waals surface area contributed by atoms with Crippen LogP contribution in [0, 0.1) is 25.7 Å². The van der Waals surface area contributed by atoms with Gasteiger partial charge in [0.2, 0.25) is 5.13 Å². The molecule has 8 heteroatoms. The molecule has 6 nitrogen and oxygen atoms in total. The van der Waals surface area contributed by atoms with E-state index in [1.54, 1.807) is 19.1 Å². The lowest BCUT2D eigenvalue weighted by molar-refractivity contribution is 0.601. The summed E-state index contributed by atoms with van der Waals surface area (Å²) in [6, 6.07) is 4.95. The van der Waals surface area contributed by atoms with Gasteiger partial charge in [-0.3, -0.25) is 4.72 Å². The molecule has 0 bridgehead atoms. The Kier molecular flexibility index (Phi) is 4.57. The predicted octanol–water partition coefficient (Wildman–Crippen LogP) is 1.27. The van der Waals surface area contributed by atoms with Crippen molar-refractivity contribution in [1.29, 1.82) is 0 Å². The first kappa shape index (κ1) is 15.4. The molecular weight excluding hydrogens is 308 g/mol. The molecule has 2 aromatic rings. The van der Waals surface area contributed by atoms with Crippen molar-refractivity contribution in [3.05, 3.63) is 34.3 Å². The number of nitrogens with one attached hydrogen (secondary N) is 1. The molecule has 1 aromatic carbocycles. The Labute approximate surface area is 127 Å². The van der Waals surface area contributed by atoms with Gasteiger partial charge in [-0.2, -0.15) is 0 Å². The van der Waals surface area contributed by atoms with Crippen molar-refractivity contribution in [3.63, 3.8) is 0 Å². The van der Waals surface area contributed by atoms with E-state index in [2.05, 4.69) is 26.8 Å². The lowest BCUT2D eigenvalue weighted by Gasteiger charge is -2.08. The van der Waals surface area contributed by atoms with Gasteiger partial charge < -0.3 is 5.73 Å². The number of aryl methyl sites for hydroxylation is 2. The van der Waals surface area contributed by atoms with Crippen molar-refractivity contribution in [1.82, 2.24) is 10.2 Å². The van der Waals surface area contributed by atoms with Gasteiger partial charge in [-0.15, -0.1) is 10.2 Å². The molecule has 0 unspecified atom stereocenters. The summed E-state index contributed by atoms with van der Waals surface area (Å²) in [7, 11) is -3.76. The monoisotopic (exact) mass is 322 g/mol. The molecule has 0 aliphatic carbocycles. The van der Waals surface area contributed by atoms with E-state index in [1.165, 1.54) is 17.4 Å². The fraction of sp³-hybridized carbons (Fsp3) is 0.231. The predicted molar refractivity (Wildman–Crippen MR) is 82.6 cm³/mol. The SMILES string of the molecule is Cc1ccc(S(=O)(=O)Nc2nnc(C)s2)c(C#CCN)c1. The lowest BCUT2D eigenvalue weighted by Crippen LogP contribution is -2.14. The average molecular weight is 322 g/mol. The van der Waals surface area contributed by atoms with E-state index in [4.69, 9.17) is 5.73 Å². The Morgan fingerprint density at radius 3 is 2.71 bits per heavy atom. The summed E-state index contributed by atoms with van der Waals surface area (Å²) >= 11 is 1.17. The van der Waals surface area contributed by atoms with E-state index < -0.39 is 10.0 Å². The summed E-state index contributed by atoms with van der Waals surface area (Å²) in [6.07, 6.45) is 0. The van der Waals surface area contributed by atoms with E-state index >= 15 is 0 Å². The third-order valence-electron chi connectivity index (χ3n) is 2.50. The van der Waals surface area contributed by atoms with Crippen molar-refractivity contribution in [2.45, 2.75) is 18.7 Å². The normalized spacial score (nSPS) is 10.8. The summed E-state index contributed by atoms with van der Waals surface area (Å²) in [5.74, 6) is 5.46. The summed E-state index contributed by atoms with van der Waals surface area (Å²) in [6.45, 7) is 3.78. The lowest BCUT2D eigenvalue weighted by atomic mass is 10.1. The molecule has 0 amide bonds. The molecule has 2 rings (SSSR count). The second kappa shape index (κ2) is 6.22. The van der Waals surface area contributed by atoms with E-state index in [0.29, 0.717) is 10.6 Å². The van der Waals surface area contributed by atoms with Crippen molar-refractivity contribution in [3.8, 4) is 11.8 Å². The van der Waals surface area contributed by atoms with E-state index in [1.807, 2.05) is 6.92 Å². The third-order valence-corrected chi connectivity index (χ3v) is 4.78. The number of aromatic nitrogens is 2. The molecule has 0 aliphatic rings. The fourth-order valence-corrected chi connectivity index (χ4v) is 3.60. The van der Waals surface area contributed by atoms with E-state index in [-0.39, 0.29) is 16.6 Å². The van der Waals surface area contributed by atoms with Crippen LogP contribution in [0.5, 0.6) is 0 Å². The van der Waals surface area contributed by atoms with Gasteiger partial charge in [-0.1, -0.05) is 29.2 Å². The first-order valence-electron chi connectivity index (χ1n) is 6.05. The van der Waals surface area contributed by atoms with Crippen molar-refractivity contribution in [2.24, 2.45) is 5.73 Å². The molecule has 0 saturated heterocycles. The number of rotatable bonds is 3. The first-order chi connectivity index (χ1) is 9.92. The maximum atomic E-state index is 12.4. The Balaban J connectivity index is 2.44. The minimum Gasteiger partial charge on any atom is -0.320 e. The van der Waals surface area contributed by atoms with Crippen LogP contribution in [-0.4, -0.2) is 25.2 Å². The van der Waals surface area contributed by atoms with Gasteiger partial charge in [0.1, 0.15) is 9.90 Å². The van der Waals surface area contributed by atoms with Crippen LogP contribution in [0.4, 0.5) is 5.13 Å². The molecule has 0 aliphatic heterocycles. The molecule has 3 N–H and O–H groups in total. The molecule has 0 fully saturated rings. The Bertz CT molecular complexity index is 816. The third kappa shape index (κ3) is 3.78. The highest BCUT2D eigenvalue weighted by molar-refractivity contribution is 7.93. The number of anilines is 1. The van der Waals surface area contributed by atoms with Gasteiger partial charge in [0.05, 0.1) is 6.54 Å². The second-order valence-electron chi connectivity index (χ2n) is 4.24.